The summed E-state index contributed by atoms with van der Waals surface area (Å²) >= 11 is 0. The van der Waals surface area contributed by atoms with E-state index in [0.29, 0.717) is 56.3 Å². The van der Waals surface area contributed by atoms with Gasteiger partial charge in [-0.1, -0.05) is 37.3 Å². The van der Waals surface area contributed by atoms with Crippen molar-refractivity contribution in [2.45, 2.75) is 32.7 Å². The Kier molecular flexibility index (Phi) is 5.92. The van der Waals surface area contributed by atoms with Crippen molar-refractivity contribution in [3.8, 4) is 0 Å². The number of piperazine rings is 1. The minimum Gasteiger partial charge on any atom is -0.339 e. The predicted octanol–water partition coefficient (Wildman–Crippen LogP) is 1.11. The number of nitrogens with zero attached hydrogens (tertiary/aromatic N) is 5. The van der Waals surface area contributed by atoms with Crippen LogP contribution in [0.2, 0.25) is 0 Å². The fourth-order valence-electron chi connectivity index (χ4n) is 4.09. The number of fused-ring (bicyclic) bond motifs is 1. The number of aromatic amines is 1. The third kappa shape index (κ3) is 4.12. The van der Waals surface area contributed by atoms with Crippen molar-refractivity contribution in [2.24, 2.45) is 7.05 Å². The lowest BCUT2D eigenvalue weighted by atomic mass is 10.1. The van der Waals surface area contributed by atoms with E-state index < -0.39 is 11.2 Å². The summed E-state index contributed by atoms with van der Waals surface area (Å²) in [6.07, 6.45) is 2.13. The summed E-state index contributed by atoms with van der Waals surface area (Å²) in [7, 11) is 1.61. The summed E-state index contributed by atoms with van der Waals surface area (Å²) in [6, 6.07) is 10.1. The van der Waals surface area contributed by atoms with Gasteiger partial charge in [0, 0.05) is 46.2 Å². The fraction of sp³-hybridized carbons (Fsp3) is 0.455. The van der Waals surface area contributed by atoms with Crippen LogP contribution in [0.3, 0.4) is 0 Å². The van der Waals surface area contributed by atoms with Crippen LogP contribution in [-0.2, 0) is 24.8 Å². The van der Waals surface area contributed by atoms with Gasteiger partial charge in [-0.05, 0) is 18.4 Å². The largest absolute Gasteiger partial charge is 0.339 e. The Labute approximate surface area is 179 Å². The van der Waals surface area contributed by atoms with Gasteiger partial charge in [0.2, 0.25) is 11.9 Å². The summed E-state index contributed by atoms with van der Waals surface area (Å²) in [5.74, 6) is 0.846. The zero-order valence-corrected chi connectivity index (χ0v) is 18.0. The summed E-state index contributed by atoms with van der Waals surface area (Å²) in [4.78, 5) is 48.1. The Balaban J connectivity index is 1.68. The van der Waals surface area contributed by atoms with Crippen LogP contribution < -0.4 is 16.1 Å². The molecule has 164 valence electrons. The molecule has 1 fully saturated rings. The van der Waals surface area contributed by atoms with E-state index >= 15 is 0 Å². The van der Waals surface area contributed by atoms with Crippen LogP contribution in [0.25, 0.3) is 11.2 Å². The molecule has 0 saturated carbocycles. The van der Waals surface area contributed by atoms with Gasteiger partial charge >= 0.3 is 5.69 Å². The number of carbonyl (C=O) groups excluding carboxylic acids is 1. The molecule has 31 heavy (non-hydrogen) atoms. The molecule has 1 amide bonds. The summed E-state index contributed by atoms with van der Waals surface area (Å²) in [6.45, 7) is 5.08. The second kappa shape index (κ2) is 8.79. The SMILES string of the molecule is CCCC(=O)N1CCN(c2nc3c(c(=O)[nH]c(=O)n3C)n2CCc2ccccc2)CC1. The third-order valence-electron chi connectivity index (χ3n) is 5.83. The topological polar surface area (TPSA) is 96.2 Å². The average molecular weight is 425 g/mol. The smallest absolute Gasteiger partial charge is 0.329 e. The van der Waals surface area contributed by atoms with E-state index in [0.717, 1.165) is 18.4 Å². The molecule has 1 aliphatic heterocycles. The number of rotatable bonds is 6. The Morgan fingerprint density at radius 1 is 1.10 bits per heavy atom. The molecular weight excluding hydrogens is 396 g/mol. The molecule has 9 nitrogen and oxygen atoms in total. The van der Waals surface area contributed by atoms with Gasteiger partial charge < -0.3 is 14.4 Å². The molecule has 2 aromatic heterocycles. The van der Waals surface area contributed by atoms with Gasteiger partial charge in [-0.15, -0.1) is 0 Å². The van der Waals surface area contributed by atoms with Crippen LogP contribution >= 0.6 is 0 Å². The number of imidazole rings is 1. The Hall–Kier alpha value is -3.36. The quantitative estimate of drug-likeness (QED) is 0.640. The summed E-state index contributed by atoms with van der Waals surface area (Å²) < 4.78 is 3.28. The van der Waals surface area contributed by atoms with Crippen molar-refractivity contribution in [1.29, 1.82) is 0 Å². The van der Waals surface area contributed by atoms with E-state index in [2.05, 4.69) is 22.0 Å². The molecule has 1 saturated heterocycles. The molecule has 3 aromatic rings. The van der Waals surface area contributed by atoms with Crippen molar-refractivity contribution in [2.75, 3.05) is 31.1 Å². The molecule has 1 aromatic carbocycles. The van der Waals surface area contributed by atoms with Gasteiger partial charge in [-0.25, -0.2) is 4.79 Å². The number of benzene rings is 1. The zero-order chi connectivity index (χ0) is 22.0. The number of H-pyrrole nitrogens is 1. The maximum Gasteiger partial charge on any atom is 0.329 e. The van der Waals surface area contributed by atoms with E-state index in [4.69, 9.17) is 4.98 Å². The molecule has 0 bridgehead atoms. The number of aromatic nitrogens is 4. The number of hydrogen-bond donors (Lipinski definition) is 1. The average Bonchev–Trinajstić information content (AvgIpc) is 3.17. The first-order chi connectivity index (χ1) is 15.0. The first-order valence-electron chi connectivity index (χ1n) is 10.8. The van der Waals surface area contributed by atoms with Crippen molar-refractivity contribution < 1.29 is 4.79 Å². The lowest BCUT2D eigenvalue weighted by molar-refractivity contribution is -0.131. The number of aryl methyl sites for hydroxylation is 3. The fourth-order valence-corrected chi connectivity index (χ4v) is 4.09. The highest BCUT2D eigenvalue weighted by Crippen LogP contribution is 2.22. The van der Waals surface area contributed by atoms with Gasteiger partial charge in [-0.2, -0.15) is 4.98 Å². The first kappa shape index (κ1) is 20.9. The Bertz CT molecular complexity index is 1190. The molecule has 0 unspecified atom stereocenters. The molecule has 0 radical (unpaired) electrons. The summed E-state index contributed by atoms with van der Waals surface area (Å²) in [5, 5.41) is 0. The third-order valence-corrected chi connectivity index (χ3v) is 5.83. The number of nitrogens with one attached hydrogen (secondary N) is 1. The van der Waals surface area contributed by atoms with Crippen LogP contribution in [-0.4, -0.2) is 56.1 Å². The van der Waals surface area contributed by atoms with Gasteiger partial charge in [0.1, 0.15) is 0 Å². The molecule has 0 aliphatic carbocycles. The minimum absolute atomic E-state index is 0.179. The van der Waals surface area contributed by atoms with Crippen LogP contribution in [0.4, 0.5) is 5.95 Å². The molecule has 0 atom stereocenters. The van der Waals surface area contributed by atoms with E-state index in [1.165, 1.54) is 4.57 Å². The second-order valence-corrected chi connectivity index (χ2v) is 7.91. The molecule has 9 heteroatoms. The van der Waals surface area contributed by atoms with Crippen molar-refractivity contribution in [3.63, 3.8) is 0 Å². The zero-order valence-electron chi connectivity index (χ0n) is 18.0. The lowest BCUT2D eigenvalue weighted by Crippen LogP contribution is -2.49. The van der Waals surface area contributed by atoms with Crippen LogP contribution in [0.5, 0.6) is 0 Å². The van der Waals surface area contributed by atoms with Crippen molar-refractivity contribution in [1.82, 2.24) is 24.0 Å². The highest BCUT2D eigenvalue weighted by atomic mass is 16.2. The standard InChI is InChI=1S/C22H28N6O3/c1-3-7-17(29)26-12-14-27(15-13-26)21-23-19-18(20(30)24-22(31)25(19)2)28(21)11-10-16-8-5-4-6-9-16/h4-6,8-9H,3,7,10-15H2,1-2H3,(H,24,30,31). The van der Waals surface area contributed by atoms with Crippen molar-refractivity contribution in [3.05, 3.63) is 56.7 Å². The van der Waals surface area contributed by atoms with E-state index in [-0.39, 0.29) is 5.91 Å². The summed E-state index contributed by atoms with van der Waals surface area (Å²) in [5.41, 5.74) is 1.03. The van der Waals surface area contributed by atoms with Gasteiger partial charge in [0.15, 0.2) is 11.2 Å². The van der Waals surface area contributed by atoms with Gasteiger partial charge in [0.05, 0.1) is 0 Å². The number of amides is 1. The maximum atomic E-state index is 12.7. The van der Waals surface area contributed by atoms with Crippen molar-refractivity contribution >= 4 is 23.0 Å². The Morgan fingerprint density at radius 3 is 2.48 bits per heavy atom. The lowest BCUT2D eigenvalue weighted by Gasteiger charge is -2.35. The molecule has 1 N–H and O–H groups in total. The monoisotopic (exact) mass is 424 g/mol. The molecular formula is C22H28N6O3. The van der Waals surface area contributed by atoms with E-state index in [9.17, 15) is 14.4 Å². The highest BCUT2D eigenvalue weighted by molar-refractivity contribution is 5.77. The normalized spacial score (nSPS) is 14.4. The first-order valence-corrected chi connectivity index (χ1v) is 10.8. The second-order valence-electron chi connectivity index (χ2n) is 7.91. The molecule has 1 aliphatic rings. The van der Waals surface area contributed by atoms with Gasteiger partial charge in [-0.3, -0.25) is 19.1 Å². The maximum absolute atomic E-state index is 12.7. The minimum atomic E-state index is -0.480. The van der Waals surface area contributed by atoms with Crippen LogP contribution in [0.1, 0.15) is 25.3 Å². The highest BCUT2D eigenvalue weighted by Gasteiger charge is 2.26. The Morgan fingerprint density at radius 2 is 1.81 bits per heavy atom. The number of carbonyl (C=O) groups is 1. The number of anilines is 1. The number of hydrogen-bond acceptors (Lipinski definition) is 5. The predicted molar refractivity (Wildman–Crippen MR) is 119 cm³/mol. The molecule has 4 rings (SSSR count). The van der Waals surface area contributed by atoms with Crippen LogP contribution in [0, 0.1) is 0 Å². The van der Waals surface area contributed by atoms with Crippen LogP contribution in [0.15, 0.2) is 39.9 Å². The van der Waals surface area contributed by atoms with Gasteiger partial charge in [0.25, 0.3) is 5.56 Å². The van der Waals surface area contributed by atoms with E-state index in [1.54, 1.807) is 7.05 Å². The molecule has 3 heterocycles. The van der Waals surface area contributed by atoms with E-state index in [1.807, 2.05) is 34.6 Å². The molecule has 0 spiro atoms.